The van der Waals surface area contributed by atoms with Crippen molar-refractivity contribution in [3.05, 3.63) is 51.1 Å². The summed E-state index contributed by atoms with van der Waals surface area (Å²) in [5, 5.41) is 0.506. The Morgan fingerprint density at radius 3 is 2.65 bits per heavy atom. The van der Waals surface area contributed by atoms with Crippen LogP contribution >= 0.6 is 22.6 Å². The van der Waals surface area contributed by atoms with Gasteiger partial charge in [-0.05, 0) is 47.2 Å². The number of carbonyl (C=O) groups excluding carboxylic acids is 1. The number of furan rings is 1. The van der Waals surface area contributed by atoms with Crippen molar-refractivity contribution in [3.63, 3.8) is 0 Å². The lowest BCUT2D eigenvalue weighted by Gasteiger charge is -2.18. The molecule has 0 spiro atoms. The number of carbonyl (C=O) groups is 1. The molecule has 1 aliphatic rings. The van der Waals surface area contributed by atoms with Crippen LogP contribution in [0.3, 0.4) is 0 Å². The Balaban J connectivity index is 2.20. The zero-order valence-electron chi connectivity index (χ0n) is 14.0. The number of primary amides is 1. The summed E-state index contributed by atoms with van der Waals surface area (Å²) in [6.45, 7) is 0. The van der Waals surface area contributed by atoms with Crippen molar-refractivity contribution in [1.29, 1.82) is 0 Å². The highest BCUT2D eigenvalue weighted by Gasteiger charge is 2.27. The molecule has 0 radical (unpaired) electrons. The summed E-state index contributed by atoms with van der Waals surface area (Å²) >= 11 is 2.00. The summed E-state index contributed by atoms with van der Waals surface area (Å²) in [5.41, 5.74) is 6.57. The van der Waals surface area contributed by atoms with Crippen molar-refractivity contribution >= 4 is 55.2 Å². The zero-order valence-corrected chi connectivity index (χ0v) is 17.0. The van der Waals surface area contributed by atoms with Crippen LogP contribution in [-0.2, 0) is 10.0 Å². The fourth-order valence-corrected chi connectivity index (χ4v) is 4.35. The van der Waals surface area contributed by atoms with E-state index in [1.165, 1.54) is 19.2 Å². The van der Waals surface area contributed by atoms with Crippen LogP contribution in [0, 0.1) is 3.57 Å². The van der Waals surface area contributed by atoms with E-state index in [4.69, 9.17) is 10.2 Å². The Labute approximate surface area is 163 Å². The van der Waals surface area contributed by atoms with Crippen LogP contribution in [0.15, 0.2) is 40.6 Å². The Morgan fingerprint density at radius 2 is 2.12 bits per heavy atom. The van der Waals surface area contributed by atoms with E-state index in [0.29, 0.717) is 32.4 Å². The third-order valence-electron chi connectivity index (χ3n) is 4.26. The first kappa shape index (κ1) is 18.9. The first-order chi connectivity index (χ1) is 12.1. The summed E-state index contributed by atoms with van der Waals surface area (Å²) in [6, 6.07) is 3.24. The lowest BCUT2D eigenvalue weighted by molar-refractivity contribution is 0.0999. The van der Waals surface area contributed by atoms with Crippen molar-refractivity contribution < 1.29 is 22.0 Å². The molecular formula is C17H16FIN2O4S. The van der Waals surface area contributed by atoms with E-state index in [-0.39, 0.29) is 17.3 Å². The van der Waals surface area contributed by atoms with E-state index in [1.54, 1.807) is 18.2 Å². The number of nitrogens with zero attached hydrogens (tertiary/aromatic N) is 1. The minimum absolute atomic E-state index is 0.233. The normalized spacial score (nSPS) is 17.4. The molecule has 6 nitrogen and oxygen atoms in total. The fraction of sp³-hybridized carbons (Fsp3) is 0.235. The minimum Gasteiger partial charge on any atom is -0.459 e. The Hall–Kier alpha value is -1.88. The molecule has 1 aromatic heterocycles. The van der Waals surface area contributed by atoms with Gasteiger partial charge in [-0.15, -0.1) is 0 Å². The van der Waals surface area contributed by atoms with Gasteiger partial charge in [-0.1, -0.05) is 6.08 Å². The van der Waals surface area contributed by atoms with Gasteiger partial charge in [0.05, 0.1) is 17.5 Å². The van der Waals surface area contributed by atoms with Crippen LogP contribution in [0.2, 0.25) is 0 Å². The Kier molecular flexibility index (Phi) is 4.86. The lowest BCUT2D eigenvalue weighted by atomic mass is 9.94. The average molecular weight is 490 g/mol. The van der Waals surface area contributed by atoms with Gasteiger partial charge in [-0.3, -0.25) is 9.10 Å². The van der Waals surface area contributed by atoms with Crippen LogP contribution in [0.4, 0.5) is 10.1 Å². The highest BCUT2D eigenvalue weighted by molar-refractivity contribution is 14.1. The molecule has 2 N–H and O–H groups in total. The van der Waals surface area contributed by atoms with Crippen molar-refractivity contribution in [3.8, 4) is 0 Å². The molecule has 9 heteroatoms. The largest absolute Gasteiger partial charge is 0.459 e. The molecule has 1 atom stereocenters. The molecule has 0 aliphatic heterocycles. The molecule has 138 valence electrons. The summed E-state index contributed by atoms with van der Waals surface area (Å²) in [5.74, 6) is -0.965. The van der Waals surface area contributed by atoms with Gasteiger partial charge in [0.1, 0.15) is 17.2 Å². The van der Waals surface area contributed by atoms with Crippen molar-refractivity contribution in [2.24, 2.45) is 5.73 Å². The number of allylic oxidation sites excluding steroid dienone is 4. The Morgan fingerprint density at radius 1 is 1.42 bits per heavy atom. The van der Waals surface area contributed by atoms with Crippen LogP contribution in [-0.4, -0.2) is 27.6 Å². The molecule has 1 unspecified atom stereocenters. The first-order valence-electron chi connectivity index (χ1n) is 7.63. The maximum atomic E-state index is 13.2. The van der Waals surface area contributed by atoms with E-state index >= 15 is 0 Å². The monoisotopic (exact) mass is 490 g/mol. The second-order valence-electron chi connectivity index (χ2n) is 6.03. The molecule has 3 rings (SSSR count). The minimum atomic E-state index is -3.46. The standard InChI is InChI=1S/C17H16FIN2O4S/c1-21(26(2,23)24)13-8-14-11(7-12(13)19)15(17(20)22)16(25-14)9-3-5-10(18)6-4-9/h3,5-9H,4H2,1-2H3,(H2,20,22). The van der Waals surface area contributed by atoms with Gasteiger partial charge in [0.15, 0.2) is 0 Å². The second kappa shape index (κ2) is 6.69. The predicted molar refractivity (Wildman–Crippen MR) is 106 cm³/mol. The third kappa shape index (κ3) is 3.37. The predicted octanol–water partition coefficient (Wildman–Crippen LogP) is 3.43. The topological polar surface area (TPSA) is 93.6 Å². The molecule has 0 fully saturated rings. The lowest BCUT2D eigenvalue weighted by Crippen LogP contribution is -2.25. The van der Waals surface area contributed by atoms with Gasteiger partial charge in [-0.25, -0.2) is 12.8 Å². The number of amides is 1. The number of hydrogen-bond acceptors (Lipinski definition) is 4. The number of benzene rings is 1. The third-order valence-corrected chi connectivity index (χ3v) is 6.31. The molecule has 1 aromatic carbocycles. The van der Waals surface area contributed by atoms with Crippen molar-refractivity contribution in [2.75, 3.05) is 17.6 Å². The zero-order chi connectivity index (χ0) is 19.2. The van der Waals surface area contributed by atoms with Crippen molar-refractivity contribution in [2.45, 2.75) is 12.3 Å². The number of fused-ring (bicyclic) bond motifs is 1. The van der Waals surface area contributed by atoms with E-state index < -0.39 is 15.9 Å². The van der Waals surface area contributed by atoms with Crippen LogP contribution < -0.4 is 10.0 Å². The highest BCUT2D eigenvalue weighted by atomic mass is 127. The number of hydrogen-bond donors (Lipinski definition) is 1. The smallest absolute Gasteiger partial charge is 0.252 e. The van der Waals surface area contributed by atoms with Gasteiger partial charge < -0.3 is 10.2 Å². The number of anilines is 1. The molecular weight excluding hydrogens is 474 g/mol. The molecule has 1 aliphatic carbocycles. The highest BCUT2D eigenvalue weighted by Crippen LogP contribution is 2.38. The van der Waals surface area contributed by atoms with Crippen LogP contribution in [0.5, 0.6) is 0 Å². The molecule has 0 saturated carbocycles. The first-order valence-corrected chi connectivity index (χ1v) is 10.6. The second-order valence-corrected chi connectivity index (χ2v) is 9.20. The Bertz CT molecular complexity index is 1070. The maximum absolute atomic E-state index is 13.2. The SMILES string of the molecule is CN(c1cc2oc(C3C=CC(F)=CC3)c(C(N)=O)c2cc1I)S(C)(=O)=O. The van der Waals surface area contributed by atoms with E-state index in [1.807, 2.05) is 22.6 Å². The number of halogens is 2. The molecule has 1 amide bonds. The molecule has 26 heavy (non-hydrogen) atoms. The molecule has 0 bridgehead atoms. The molecule has 0 saturated heterocycles. The van der Waals surface area contributed by atoms with Gasteiger partial charge in [0.25, 0.3) is 5.91 Å². The van der Waals surface area contributed by atoms with Crippen LogP contribution in [0.25, 0.3) is 11.0 Å². The fourth-order valence-electron chi connectivity index (χ4n) is 2.85. The summed E-state index contributed by atoms with van der Waals surface area (Å²) in [7, 11) is -2.02. The van der Waals surface area contributed by atoms with Crippen molar-refractivity contribution in [1.82, 2.24) is 0 Å². The molecule has 1 heterocycles. The summed E-state index contributed by atoms with van der Waals surface area (Å²) in [6.07, 6.45) is 5.79. The van der Waals surface area contributed by atoms with Gasteiger partial charge >= 0.3 is 0 Å². The van der Waals surface area contributed by atoms with Gasteiger partial charge in [0.2, 0.25) is 10.0 Å². The number of nitrogens with two attached hydrogens (primary N) is 1. The average Bonchev–Trinajstić information content (AvgIpc) is 2.91. The quantitative estimate of drug-likeness (QED) is 0.665. The molecule has 2 aromatic rings. The van der Waals surface area contributed by atoms with Crippen LogP contribution in [0.1, 0.15) is 28.5 Å². The number of rotatable bonds is 4. The van der Waals surface area contributed by atoms with E-state index in [2.05, 4.69) is 0 Å². The number of sulfonamides is 1. The van der Waals surface area contributed by atoms with E-state index in [0.717, 1.165) is 10.6 Å². The summed E-state index contributed by atoms with van der Waals surface area (Å²) < 4.78 is 44.6. The van der Waals surface area contributed by atoms with Gasteiger partial charge in [0, 0.05) is 28.0 Å². The summed E-state index contributed by atoms with van der Waals surface area (Å²) in [4.78, 5) is 12.0. The maximum Gasteiger partial charge on any atom is 0.252 e. The van der Waals surface area contributed by atoms with E-state index in [9.17, 15) is 17.6 Å². The van der Waals surface area contributed by atoms with Gasteiger partial charge in [-0.2, -0.15) is 0 Å².